The summed E-state index contributed by atoms with van der Waals surface area (Å²) in [7, 11) is -0.204. The molecule has 1 aliphatic rings. The molecule has 1 aromatic carbocycles. The monoisotopic (exact) mass is 318 g/mol. The van der Waals surface area contributed by atoms with Crippen LogP contribution in [0.4, 0.5) is 0 Å². The van der Waals surface area contributed by atoms with E-state index in [1.807, 2.05) is 24.3 Å². The zero-order valence-corrected chi connectivity index (χ0v) is 10.6. The molecule has 0 N–H and O–H groups in total. The third kappa shape index (κ3) is 2.09. The van der Waals surface area contributed by atoms with Crippen LogP contribution in [-0.4, -0.2) is 17.2 Å². The van der Waals surface area contributed by atoms with Crippen molar-refractivity contribution in [2.24, 2.45) is 0 Å². The first-order valence-corrected chi connectivity index (χ1v) is 6.47. The number of hydrogen-bond donors (Lipinski definition) is 0. The molecular formula is C9H9BBr2O2. The Morgan fingerprint density at radius 3 is 2.29 bits per heavy atom. The van der Waals surface area contributed by atoms with Crippen LogP contribution < -0.4 is 9.31 Å². The highest BCUT2D eigenvalue weighted by Crippen LogP contribution is 2.34. The van der Waals surface area contributed by atoms with Gasteiger partial charge in [-0.05, 0) is 18.6 Å². The second-order valence-corrected chi connectivity index (χ2v) is 5.01. The molecule has 1 aromatic rings. The second-order valence-electron chi connectivity index (χ2n) is 3.04. The first kappa shape index (κ1) is 10.4. The van der Waals surface area contributed by atoms with E-state index < -0.39 is 0 Å². The van der Waals surface area contributed by atoms with Crippen molar-refractivity contribution in [2.45, 2.75) is 11.1 Å². The third-order valence-electron chi connectivity index (χ3n) is 2.02. The highest BCUT2D eigenvalue weighted by molar-refractivity contribution is 9.10. The smallest absolute Gasteiger partial charge is 0.522 e. The highest BCUT2D eigenvalue weighted by atomic mass is 79.9. The van der Waals surface area contributed by atoms with E-state index in [2.05, 4.69) is 31.9 Å². The minimum Gasteiger partial charge on any atom is -0.522 e. The number of benzene rings is 1. The highest BCUT2D eigenvalue weighted by Gasteiger charge is 2.38. The molecule has 0 bridgehead atoms. The van der Waals surface area contributed by atoms with Gasteiger partial charge in [0.25, 0.3) is 0 Å². The van der Waals surface area contributed by atoms with Gasteiger partial charge in [-0.15, -0.1) is 0 Å². The molecule has 5 heteroatoms. The van der Waals surface area contributed by atoms with Crippen molar-refractivity contribution in [3.63, 3.8) is 0 Å². The van der Waals surface area contributed by atoms with E-state index in [9.17, 15) is 0 Å². The van der Waals surface area contributed by atoms with E-state index >= 15 is 0 Å². The molecule has 74 valence electrons. The summed E-state index contributed by atoms with van der Waals surface area (Å²) in [5.41, 5.74) is 0. The Morgan fingerprint density at radius 2 is 1.79 bits per heavy atom. The fraction of sp³-hybridized carbons (Fsp3) is 0.333. The molecule has 0 aromatic heterocycles. The fourth-order valence-corrected chi connectivity index (χ4v) is 2.86. The number of fused-ring (bicyclic) bond motifs is 1. The minimum atomic E-state index is -0.204. The topological polar surface area (TPSA) is 18.5 Å². The number of para-hydroxylation sites is 2. The van der Waals surface area contributed by atoms with Gasteiger partial charge < -0.3 is 9.31 Å². The van der Waals surface area contributed by atoms with Crippen LogP contribution in [0.25, 0.3) is 0 Å². The maximum atomic E-state index is 5.63. The number of alkyl halides is 2. The summed E-state index contributed by atoms with van der Waals surface area (Å²) >= 11 is 6.93. The van der Waals surface area contributed by atoms with E-state index in [1.165, 1.54) is 0 Å². The first-order chi connectivity index (χ1) is 6.81. The van der Waals surface area contributed by atoms with Gasteiger partial charge in [-0.2, -0.15) is 0 Å². The van der Waals surface area contributed by atoms with Crippen LogP contribution in [0.15, 0.2) is 24.3 Å². The lowest BCUT2D eigenvalue weighted by atomic mass is 9.83. The van der Waals surface area contributed by atoms with Gasteiger partial charge in [0.1, 0.15) is 11.5 Å². The van der Waals surface area contributed by atoms with Crippen LogP contribution in [0.1, 0.15) is 6.42 Å². The van der Waals surface area contributed by atoms with Crippen molar-refractivity contribution < 1.29 is 9.31 Å². The van der Waals surface area contributed by atoms with E-state index in [0.29, 0.717) is 0 Å². The average Bonchev–Trinajstić information content (AvgIpc) is 2.61. The van der Waals surface area contributed by atoms with Crippen molar-refractivity contribution in [3.05, 3.63) is 24.3 Å². The van der Waals surface area contributed by atoms with E-state index in [4.69, 9.17) is 9.31 Å². The summed E-state index contributed by atoms with van der Waals surface area (Å²) in [5, 5.41) is 0.933. The lowest BCUT2D eigenvalue weighted by molar-refractivity contribution is 0.492. The zero-order valence-electron chi connectivity index (χ0n) is 7.45. The quantitative estimate of drug-likeness (QED) is 0.630. The van der Waals surface area contributed by atoms with Crippen LogP contribution >= 0.6 is 31.9 Å². The third-order valence-corrected chi connectivity index (χ3v) is 3.36. The molecule has 0 radical (unpaired) electrons. The number of hydrogen-bond acceptors (Lipinski definition) is 2. The Bertz CT molecular complexity index is 296. The molecule has 0 aliphatic carbocycles. The predicted molar refractivity (Wildman–Crippen MR) is 64.6 cm³/mol. The summed E-state index contributed by atoms with van der Waals surface area (Å²) in [6.07, 6.45) is 0.971. The maximum Gasteiger partial charge on any atom is 0.609 e. The molecule has 1 atom stereocenters. The van der Waals surface area contributed by atoms with Gasteiger partial charge in [0.05, 0.1) is 4.73 Å². The summed E-state index contributed by atoms with van der Waals surface area (Å²) in [6, 6.07) is 7.73. The Morgan fingerprint density at radius 1 is 1.21 bits per heavy atom. The molecule has 0 amide bonds. The molecule has 1 aliphatic heterocycles. The zero-order chi connectivity index (χ0) is 9.97. The molecule has 0 spiro atoms. The van der Waals surface area contributed by atoms with Gasteiger partial charge in [0, 0.05) is 5.33 Å². The van der Waals surface area contributed by atoms with E-state index in [0.717, 1.165) is 23.2 Å². The first-order valence-electron chi connectivity index (χ1n) is 4.43. The van der Waals surface area contributed by atoms with Gasteiger partial charge in [-0.3, -0.25) is 0 Å². The lowest BCUT2D eigenvalue weighted by Gasteiger charge is -2.09. The molecule has 0 saturated carbocycles. The SMILES string of the molecule is BrCCC(Br)B1Oc2ccccc2O1. The molecule has 2 rings (SSSR count). The van der Waals surface area contributed by atoms with Crippen molar-refractivity contribution in [2.75, 3.05) is 5.33 Å². The maximum absolute atomic E-state index is 5.63. The molecule has 1 unspecified atom stereocenters. The predicted octanol–water partition coefficient (Wildman–Crippen LogP) is 3.03. The van der Waals surface area contributed by atoms with Crippen molar-refractivity contribution >= 4 is 39.0 Å². The summed E-state index contributed by atoms with van der Waals surface area (Å²) in [5.74, 6) is 1.66. The fourth-order valence-electron chi connectivity index (χ4n) is 1.31. The van der Waals surface area contributed by atoms with Gasteiger partial charge in [-0.1, -0.05) is 44.0 Å². The standard InChI is InChI=1S/C9H9BBr2O2/c11-6-5-9(12)10-13-7-3-1-2-4-8(7)14-10/h1-4,9H,5-6H2. The molecule has 0 saturated heterocycles. The molecule has 1 heterocycles. The summed E-state index contributed by atoms with van der Waals surface area (Å²) < 4.78 is 11.5. The van der Waals surface area contributed by atoms with Gasteiger partial charge in [0.15, 0.2) is 0 Å². The molecular weight excluding hydrogens is 311 g/mol. The van der Waals surface area contributed by atoms with Crippen LogP contribution in [-0.2, 0) is 0 Å². The number of rotatable bonds is 3. The average molecular weight is 320 g/mol. The lowest BCUT2D eigenvalue weighted by Crippen LogP contribution is -2.35. The van der Waals surface area contributed by atoms with Crippen molar-refractivity contribution in [1.29, 1.82) is 0 Å². The normalized spacial score (nSPS) is 15.7. The van der Waals surface area contributed by atoms with E-state index in [1.54, 1.807) is 0 Å². The summed E-state index contributed by atoms with van der Waals surface area (Å²) in [4.78, 5) is 0. The van der Waals surface area contributed by atoms with Crippen molar-refractivity contribution in [1.82, 2.24) is 0 Å². The Balaban J connectivity index is 2.04. The molecule has 0 fully saturated rings. The van der Waals surface area contributed by atoms with E-state index in [-0.39, 0.29) is 11.8 Å². The van der Waals surface area contributed by atoms with Crippen LogP contribution in [0, 0.1) is 0 Å². The van der Waals surface area contributed by atoms with Gasteiger partial charge in [0.2, 0.25) is 0 Å². The molecule has 2 nitrogen and oxygen atoms in total. The van der Waals surface area contributed by atoms with Crippen LogP contribution in [0.3, 0.4) is 0 Å². The second kappa shape index (κ2) is 4.58. The van der Waals surface area contributed by atoms with Gasteiger partial charge in [-0.25, -0.2) is 0 Å². The Labute approximate surface area is 100 Å². The molecule has 14 heavy (non-hydrogen) atoms. The van der Waals surface area contributed by atoms with Crippen molar-refractivity contribution in [3.8, 4) is 11.5 Å². The van der Waals surface area contributed by atoms with Crippen LogP contribution in [0.2, 0.25) is 0 Å². The Hall–Kier alpha value is -0.155. The summed E-state index contributed by atoms with van der Waals surface area (Å²) in [6.45, 7) is 0. The number of halogens is 2. The minimum absolute atomic E-state index is 0.204. The Kier molecular flexibility index (Phi) is 3.39. The van der Waals surface area contributed by atoms with Gasteiger partial charge >= 0.3 is 7.12 Å². The van der Waals surface area contributed by atoms with Crippen LogP contribution in [0.5, 0.6) is 11.5 Å². The largest absolute Gasteiger partial charge is 0.609 e.